The minimum absolute atomic E-state index is 0.202. The first-order chi connectivity index (χ1) is 9.88. The highest BCUT2D eigenvalue weighted by Gasteiger charge is 2.16. The van der Waals surface area contributed by atoms with Crippen molar-refractivity contribution in [3.05, 3.63) is 63.5 Å². The quantitative estimate of drug-likeness (QED) is 0.524. The fourth-order valence-electron chi connectivity index (χ4n) is 1.92. The molecule has 0 unspecified atom stereocenters. The zero-order valence-electron chi connectivity index (χ0n) is 11.5. The van der Waals surface area contributed by atoms with Crippen LogP contribution in [0.3, 0.4) is 0 Å². The second kappa shape index (κ2) is 5.70. The Balaban J connectivity index is 2.44. The van der Waals surface area contributed by atoms with Crippen molar-refractivity contribution in [1.29, 1.82) is 0 Å². The molecule has 0 aliphatic rings. The molecule has 5 nitrogen and oxygen atoms in total. The summed E-state index contributed by atoms with van der Waals surface area (Å²) in [5, 5.41) is 14.0. The Morgan fingerprint density at radius 2 is 1.86 bits per heavy atom. The monoisotopic (exact) mass is 288 g/mol. The van der Waals surface area contributed by atoms with Crippen molar-refractivity contribution in [3.8, 4) is 0 Å². The number of rotatable bonds is 4. The van der Waals surface area contributed by atoms with Crippen LogP contribution in [0.25, 0.3) is 0 Å². The third-order valence-corrected chi connectivity index (χ3v) is 3.06. The first kappa shape index (κ1) is 14.6. The number of carbonyl (C=O) groups excluding carboxylic acids is 1. The van der Waals surface area contributed by atoms with E-state index in [0.29, 0.717) is 11.3 Å². The maximum Gasteiger partial charge on any atom is 0.293 e. The van der Waals surface area contributed by atoms with Gasteiger partial charge in [0.15, 0.2) is 5.78 Å². The molecule has 2 aromatic carbocycles. The summed E-state index contributed by atoms with van der Waals surface area (Å²) in [6.45, 7) is 3.04. The average Bonchev–Trinajstić information content (AvgIpc) is 2.41. The van der Waals surface area contributed by atoms with E-state index in [2.05, 4.69) is 5.32 Å². The summed E-state index contributed by atoms with van der Waals surface area (Å²) in [6.07, 6.45) is 0. The molecule has 0 aromatic heterocycles. The molecule has 0 heterocycles. The standard InChI is InChI=1S/C15H13FN2O3/c1-9-7-12(16)4-6-13(9)17-14-5-3-11(10(2)19)8-15(14)18(20)21/h3-8,17H,1-2H3. The number of benzene rings is 2. The van der Waals surface area contributed by atoms with Gasteiger partial charge in [-0.3, -0.25) is 14.9 Å². The van der Waals surface area contributed by atoms with E-state index in [9.17, 15) is 19.3 Å². The normalized spacial score (nSPS) is 10.2. The van der Waals surface area contributed by atoms with E-state index in [1.54, 1.807) is 6.92 Å². The van der Waals surface area contributed by atoms with Crippen LogP contribution in [0.1, 0.15) is 22.8 Å². The van der Waals surface area contributed by atoms with Gasteiger partial charge in [0.05, 0.1) is 4.92 Å². The van der Waals surface area contributed by atoms with Crippen molar-refractivity contribution < 1.29 is 14.1 Å². The van der Waals surface area contributed by atoms with E-state index in [1.165, 1.54) is 43.3 Å². The van der Waals surface area contributed by atoms with Gasteiger partial charge in [0.1, 0.15) is 11.5 Å². The number of anilines is 2. The summed E-state index contributed by atoms with van der Waals surface area (Å²) in [6, 6.07) is 8.31. The molecule has 0 spiro atoms. The van der Waals surface area contributed by atoms with Crippen LogP contribution in [0.2, 0.25) is 0 Å². The summed E-state index contributed by atoms with van der Waals surface area (Å²) in [5.74, 6) is -0.623. The molecule has 0 bridgehead atoms. The number of nitrogens with zero attached hydrogens (tertiary/aromatic N) is 1. The first-order valence-corrected chi connectivity index (χ1v) is 6.21. The number of Topliss-reactive ketones (excluding diaryl/α,β-unsaturated/α-hetero) is 1. The van der Waals surface area contributed by atoms with Crippen LogP contribution in [0, 0.1) is 22.9 Å². The average molecular weight is 288 g/mol. The van der Waals surface area contributed by atoms with Gasteiger partial charge in [-0.25, -0.2) is 4.39 Å². The van der Waals surface area contributed by atoms with Crippen LogP contribution in [0.5, 0.6) is 0 Å². The van der Waals surface area contributed by atoms with Crippen LogP contribution in [0.4, 0.5) is 21.5 Å². The van der Waals surface area contributed by atoms with Gasteiger partial charge in [0.25, 0.3) is 5.69 Å². The second-order valence-electron chi connectivity index (χ2n) is 4.63. The molecule has 6 heteroatoms. The number of aryl methyl sites for hydroxylation is 1. The highest BCUT2D eigenvalue weighted by molar-refractivity contribution is 5.95. The third kappa shape index (κ3) is 3.22. The lowest BCUT2D eigenvalue weighted by molar-refractivity contribution is -0.383. The van der Waals surface area contributed by atoms with Crippen molar-refractivity contribution in [3.63, 3.8) is 0 Å². The number of nitrogens with one attached hydrogen (secondary N) is 1. The van der Waals surface area contributed by atoms with E-state index < -0.39 is 4.92 Å². The fraction of sp³-hybridized carbons (Fsp3) is 0.133. The predicted octanol–water partition coefficient (Wildman–Crippen LogP) is 3.99. The first-order valence-electron chi connectivity index (χ1n) is 6.21. The number of carbonyl (C=O) groups is 1. The zero-order chi connectivity index (χ0) is 15.6. The summed E-state index contributed by atoms with van der Waals surface area (Å²) < 4.78 is 13.1. The summed E-state index contributed by atoms with van der Waals surface area (Å²) in [4.78, 5) is 21.9. The second-order valence-corrected chi connectivity index (χ2v) is 4.63. The van der Waals surface area contributed by atoms with E-state index in [4.69, 9.17) is 0 Å². The third-order valence-electron chi connectivity index (χ3n) is 3.06. The molecule has 0 radical (unpaired) electrons. The zero-order valence-corrected chi connectivity index (χ0v) is 11.5. The van der Waals surface area contributed by atoms with E-state index in [-0.39, 0.29) is 28.5 Å². The topological polar surface area (TPSA) is 72.2 Å². The molecule has 1 N–H and O–H groups in total. The van der Waals surface area contributed by atoms with Crippen molar-refractivity contribution >= 4 is 22.8 Å². The van der Waals surface area contributed by atoms with Gasteiger partial charge in [-0.05, 0) is 49.7 Å². The van der Waals surface area contributed by atoms with Gasteiger partial charge in [-0.2, -0.15) is 0 Å². The molecule has 0 fully saturated rings. The number of hydrogen-bond acceptors (Lipinski definition) is 4. The smallest absolute Gasteiger partial charge is 0.293 e. The Morgan fingerprint density at radius 3 is 2.43 bits per heavy atom. The molecule has 0 saturated heterocycles. The number of halogens is 1. The molecular weight excluding hydrogens is 275 g/mol. The van der Waals surface area contributed by atoms with Crippen LogP contribution >= 0.6 is 0 Å². The number of nitro groups is 1. The minimum Gasteiger partial charge on any atom is -0.350 e. The van der Waals surface area contributed by atoms with Gasteiger partial charge in [-0.15, -0.1) is 0 Å². The van der Waals surface area contributed by atoms with Crippen LogP contribution in [-0.4, -0.2) is 10.7 Å². The lowest BCUT2D eigenvalue weighted by Gasteiger charge is -2.10. The molecule has 0 amide bonds. The molecule has 0 aliphatic heterocycles. The van der Waals surface area contributed by atoms with E-state index in [1.807, 2.05) is 0 Å². The van der Waals surface area contributed by atoms with Gasteiger partial charge in [0, 0.05) is 17.3 Å². The maximum absolute atomic E-state index is 13.1. The van der Waals surface area contributed by atoms with Crippen molar-refractivity contribution in [1.82, 2.24) is 0 Å². The lowest BCUT2D eigenvalue weighted by atomic mass is 10.1. The molecule has 108 valence electrons. The molecule has 2 aromatic rings. The highest BCUT2D eigenvalue weighted by Crippen LogP contribution is 2.30. The lowest BCUT2D eigenvalue weighted by Crippen LogP contribution is -2.01. The molecular formula is C15H13FN2O3. The maximum atomic E-state index is 13.1. The Kier molecular flexibility index (Phi) is 3.98. The van der Waals surface area contributed by atoms with Crippen molar-refractivity contribution in [2.45, 2.75) is 13.8 Å². The summed E-state index contributed by atoms with van der Waals surface area (Å²) in [7, 11) is 0. The number of ketones is 1. The largest absolute Gasteiger partial charge is 0.350 e. The van der Waals surface area contributed by atoms with Crippen LogP contribution < -0.4 is 5.32 Å². The van der Waals surface area contributed by atoms with Gasteiger partial charge in [-0.1, -0.05) is 0 Å². The van der Waals surface area contributed by atoms with Crippen molar-refractivity contribution in [2.24, 2.45) is 0 Å². The van der Waals surface area contributed by atoms with Crippen LogP contribution in [0.15, 0.2) is 36.4 Å². The Labute approximate surface area is 120 Å². The summed E-state index contributed by atoms with van der Waals surface area (Å²) >= 11 is 0. The summed E-state index contributed by atoms with van der Waals surface area (Å²) in [5.41, 5.74) is 1.50. The van der Waals surface area contributed by atoms with Crippen molar-refractivity contribution in [2.75, 3.05) is 5.32 Å². The van der Waals surface area contributed by atoms with Gasteiger partial charge < -0.3 is 5.32 Å². The minimum atomic E-state index is -0.562. The van der Waals surface area contributed by atoms with Gasteiger partial charge >= 0.3 is 0 Å². The number of nitro benzene ring substituents is 1. The van der Waals surface area contributed by atoms with E-state index in [0.717, 1.165) is 0 Å². The number of hydrogen-bond donors (Lipinski definition) is 1. The SMILES string of the molecule is CC(=O)c1ccc(Nc2ccc(F)cc2C)c([N+](=O)[O-])c1. The van der Waals surface area contributed by atoms with Crippen LogP contribution in [-0.2, 0) is 0 Å². The highest BCUT2D eigenvalue weighted by atomic mass is 19.1. The fourth-order valence-corrected chi connectivity index (χ4v) is 1.92. The Hall–Kier alpha value is -2.76. The van der Waals surface area contributed by atoms with Gasteiger partial charge in [0.2, 0.25) is 0 Å². The Morgan fingerprint density at radius 1 is 1.19 bits per heavy atom. The molecule has 0 saturated carbocycles. The van der Waals surface area contributed by atoms with E-state index >= 15 is 0 Å². The Bertz CT molecular complexity index is 729. The molecule has 0 aliphatic carbocycles. The predicted molar refractivity (Wildman–Crippen MR) is 77.5 cm³/mol. The molecule has 21 heavy (non-hydrogen) atoms. The molecule has 0 atom stereocenters. The molecule has 2 rings (SSSR count).